The minimum absolute atomic E-state index is 0.965. The molecule has 0 saturated heterocycles. The Kier molecular flexibility index (Phi) is 4.83. The van der Waals surface area contributed by atoms with Gasteiger partial charge in [0.2, 0.25) is 0 Å². The fraction of sp³-hybridized carbons (Fsp3) is 1.00. The Morgan fingerprint density at radius 2 is 1.92 bits per heavy atom. The fourth-order valence-corrected chi connectivity index (χ4v) is 2.22. The van der Waals surface area contributed by atoms with Gasteiger partial charge < -0.3 is 0 Å². The van der Waals surface area contributed by atoms with Crippen molar-refractivity contribution in [2.75, 3.05) is 0 Å². The molecule has 78 valence electrons. The van der Waals surface area contributed by atoms with E-state index in [1.54, 1.807) is 0 Å². The van der Waals surface area contributed by atoms with E-state index in [4.69, 9.17) is 0 Å². The van der Waals surface area contributed by atoms with Crippen LogP contribution in [0.25, 0.3) is 0 Å². The van der Waals surface area contributed by atoms with E-state index in [0.29, 0.717) is 0 Å². The van der Waals surface area contributed by atoms with Gasteiger partial charge in [-0.05, 0) is 24.2 Å². The summed E-state index contributed by atoms with van der Waals surface area (Å²) in [4.78, 5) is 0. The van der Waals surface area contributed by atoms with Gasteiger partial charge in [-0.3, -0.25) is 0 Å². The minimum atomic E-state index is 0.965. The normalized spacial score (nSPS) is 21.5. The summed E-state index contributed by atoms with van der Waals surface area (Å²) in [5.74, 6) is 3.13. The first-order valence-corrected chi connectivity index (χ1v) is 6.27. The molecule has 2 unspecified atom stereocenters. The highest BCUT2D eigenvalue weighted by atomic mass is 14.3. The van der Waals surface area contributed by atoms with Crippen LogP contribution >= 0.6 is 0 Å². The molecule has 1 saturated carbocycles. The smallest absolute Gasteiger partial charge is 0.0386 e. The lowest BCUT2D eigenvalue weighted by atomic mass is 9.83. The molecule has 0 amide bonds. The van der Waals surface area contributed by atoms with Crippen molar-refractivity contribution in [1.82, 2.24) is 0 Å². The van der Waals surface area contributed by atoms with E-state index in [0.717, 1.165) is 17.8 Å². The van der Waals surface area contributed by atoms with Gasteiger partial charge in [-0.2, -0.15) is 0 Å². The molecule has 0 heteroatoms. The van der Waals surface area contributed by atoms with Crippen molar-refractivity contribution in [2.24, 2.45) is 17.8 Å². The molecule has 2 atom stereocenters. The standard InChI is InChI=1S/C13H26/c1-4-6-7-13(11(3)5-2)10-12-8-9-12/h11-13H,4-10H2,1-3H3. The van der Waals surface area contributed by atoms with Gasteiger partial charge in [-0.1, -0.05) is 59.3 Å². The second-order valence-electron chi connectivity index (χ2n) is 4.97. The first-order valence-electron chi connectivity index (χ1n) is 6.27. The van der Waals surface area contributed by atoms with Crippen LogP contribution in [0.5, 0.6) is 0 Å². The second kappa shape index (κ2) is 5.67. The zero-order valence-corrected chi connectivity index (χ0v) is 9.68. The molecule has 0 heterocycles. The van der Waals surface area contributed by atoms with Gasteiger partial charge in [-0.25, -0.2) is 0 Å². The summed E-state index contributed by atoms with van der Waals surface area (Å²) in [5, 5.41) is 0. The molecule has 0 aromatic carbocycles. The molecule has 0 aromatic rings. The maximum Gasteiger partial charge on any atom is -0.0386 e. The highest BCUT2D eigenvalue weighted by molar-refractivity contribution is 4.78. The van der Waals surface area contributed by atoms with E-state index < -0.39 is 0 Å². The van der Waals surface area contributed by atoms with Crippen molar-refractivity contribution in [1.29, 1.82) is 0 Å². The van der Waals surface area contributed by atoms with Crippen LogP contribution < -0.4 is 0 Å². The van der Waals surface area contributed by atoms with Gasteiger partial charge in [-0.15, -0.1) is 0 Å². The molecule has 1 fully saturated rings. The monoisotopic (exact) mass is 182 g/mol. The summed E-state index contributed by atoms with van der Waals surface area (Å²) in [6.45, 7) is 7.10. The van der Waals surface area contributed by atoms with Crippen molar-refractivity contribution in [3.8, 4) is 0 Å². The molecule has 0 N–H and O–H groups in total. The molecule has 1 aliphatic carbocycles. The summed E-state index contributed by atoms with van der Waals surface area (Å²) >= 11 is 0. The Hall–Kier alpha value is 0. The summed E-state index contributed by atoms with van der Waals surface area (Å²) in [6.07, 6.45) is 10.3. The van der Waals surface area contributed by atoms with Crippen molar-refractivity contribution in [3.63, 3.8) is 0 Å². The van der Waals surface area contributed by atoms with Gasteiger partial charge in [0.1, 0.15) is 0 Å². The molecule has 0 radical (unpaired) electrons. The van der Waals surface area contributed by atoms with Crippen LogP contribution in [0, 0.1) is 17.8 Å². The average Bonchev–Trinajstić information content (AvgIpc) is 2.94. The third kappa shape index (κ3) is 4.15. The number of rotatable bonds is 7. The topological polar surface area (TPSA) is 0 Å². The fourth-order valence-electron chi connectivity index (χ4n) is 2.22. The maximum atomic E-state index is 2.45. The van der Waals surface area contributed by atoms with Crippen LogP contribution in [-0.2, 0) is 0 Å². The Labute approximate surface area is 84.1 Å². The quantitative estimate of drug-likeness (QED) is 0.538. The Morgan fingerprint density at radius 1 is 1.23 bits per heavy atom. The Morgan fingerprint density at radius 3 is 2.38 bits per heavy atom. The molecular weight excluding hydrogens is 156 g/mol. The van der Waals surface area contributed by atoms with Gasteiger partial charge in [0.25, 0.3) is 0 Å². The molecule has 1 aliphatic rings. The predicted molar refractivity (Wildman–Crippen MR) is 59.8 cm³/mol. The zero-order valence-electron chi connectivity index (χ0n) is 9.68. The molecule has 0 spiro atoms. The predicted octanol–water partition coefficient (Wildman–Crippen LogP) is 4.64. The number of unbranched alkanes of at least 4 members (excludes halogenated alkanes) is 1. The van der Waals surface area contributed by atoms with Crippen LogP contribution in [0.4, 0.5) is 0 Å². The SMILES string of the molecule is CCCCC(CC1CC1)C(C)CC. The first kappa shape index (κ1) is 11.1. The van der Waals surface area contributed by atoms with Crippen LogP contribution in [0.15, 0.2) is 0 Å². The third-order valence-corrected chi connectivity index (χ3v) is 3.71. The van der Waals surface area contributed by atoms with E-state index in [2.05, 4.69) is 20.8 Å². The summed E-state index contributed by atoms with van der Waals surface area (Å²) in [6, 6.07) is 0. The number of hydrogen-bond acceptors (Lipinski definition) is 0. The van der Waals surface area contributed by atoms with Crippen LogP contribution in [0.2, 0.25) is 0 Å². The highest BCUT2D eigenvalue weighted by Crippen LogP contribution is 2.39. The van der Waals surface area contributed by atoms with Crippen molar-refractivity contribution in [3.05, 3.63) is 0 Å². The lowest BCUT2D eigenvalue weighted by Gasteiger charge is -2.22. The van der Waals surface area contributed by atoms with Gasteiger partial charge in [0.15, 0.2) is 0 Å². The lowest BCUT2D eigenvalue weighted by Crippen LogP contribution is -2.11. The summed E-state index contributed by atoms with van der Waals surface area (Å²) in [5.41, 5.74) is 0. The summed E-state index contributed by atoms with van der Waals surface area (Å²) in [7, 11) is 0. The van der Waals surface area contributed by atoms with E-state index in [-0.39, 0.29) is 0 Å². The molecule has 0 aromatic heterocycles. The zero-order chi connectivity index (χ0) is 9.68. The van der Waals surface area contributed by atoms with Crippen molar-refractivity contribution < 1.29 is 0 Å². The van der Waals surface area contributed by atoms with E-state index in [9.17, 15) is 0 Å². The molecule has 0 nitrogen and oxygen atoms in total. The van der Waals surface area contributed by atoms with E-state index >= 15 is 0 Å². The molecule has 1 rings (SSSR count). The van der Waals surface area contributed by atoms with Crippen LogP contribution in [0.1, 0.15) is 65.7 Å². The Bertz CT molecular complexity index is 124. The lowest BCUT2D eigenvalue weighted by molar-refractivity contribution is 0.287. The van der Waals surface area contributed by atoms with Crippen molar-refractivity contribution >= 4 is 0 Å². The maximum absolute atomic E-state index is 2.45. The molecule has 0 aliphatic heterocycles. The Balaban J connectivity index is 2.23. The number of hydrogen-bond donors (Lipinski definition) is 0. The largest absolute Gasteiger partial charge is 0.0654 e. The minimum Gasteiger partial charge on any atom is -0.0654 e. The van der Waals surface area contributed by atoms with Gasteiger partial charge >= 0.3 is 0 Å². The van der Waals surface area contributed by atoms with Crippen LogP contribution in [-0.4, -0.2) is 0 Å². The van der Waals surface area contributed by atoms with Crippen LogP contribution in [0.3, 0.4) is 0 Å². The molecule has 13 heavy (non-hydrogen) atoms. The summed E-state index contributed by atoms with van der Waals surface area (Å²) < 4.78 is 0. The second-order valence-corrected chi connectivity index (χ2v) is 4.97. The molecule has 0 bridgehead atoms. The highest BCUT2D eigenvalue weighted by Gasteiger charge is 2.27. The third-order valence-electron chi connectivity index (χ3n) is 3.71. The van der Waals surface area contributed by atoms with Crippen molar-refractivity contribution in [2.45, 2.75) is 65.7 Å². The first-order chi connectivity index (χ1) is 6.27. The van der Waals surface area contributed by atoms with Gasteiger partial charge in [0, 0.05) is 0 Å². The molecular formula is C13H26. The van der Waals surface area contributed by atoms with E-state index in [1.807, 2.05) is 0 Å². The average molecular weight is 182 g/mol. The van der Waals surface area contributed by atoms with Gasteiger partial charge in [0.05, 0.1) is 0 Å². The van der Waals surface area contributed by atoms with E-state index in [1.165, 1.54) is 44.9 Å².